The van der Waals surface area contributed by atoms with Gasteiger partial charge in [0.05, 0.1) is 0 Å². The first-order chi connectivity index (χ1) is 10.1. The Kier molecular flexibility index (Phi) is 6.46. The highest BCUT2D eigenvalue weighted by molar-refractivity contribution is 6.31. The van der Waals surface area contributed by atoms with Gasteiger partial charge in [0.25, 0.3) is 0 Å². The third-order valence-corrected chi connectivity index (χ3v) is 4.43. The van der Waals surface area contributed by atoms with E-state index < -0.39 is 0 Å². The molecule has 1 fully saturated rings. The average molecular weight is 313 g/mol. The second kappa shape index (κ2) is 8.11. The molecule has 1 unspecified atom stereocenters. The van der Waals surface area contributed by atoms with E-state index in [1.54, 1.807) is 12.1 Å². The van der Waals surface area contributed by atoms with Gasteiger partial charge in [0, 0.05) is 24.2 Å². The Morgan fingerprint density at radius 1 is 1.38 bits per heavy atom. The summed E-state index contributed by atoms with van der Waals surface area (Å²) in [6, 6.07) is 5.17. The van der Waals surface area contributed by atoms with E-state index >= 15 is 0 Å². The molecule has 0 aromatic heterocycles. The fourth-order valence-electron chi connectivity index (χ4n) is 2.92. The van der Waals surface area contributed by atoms with Crippen LogP contribution in [-0.2, 0) is 6.54 Å². The lowest BCUT2D eigenvalue weighted by Crippen LogP contribution is -2.45. The van der Waals surface area contributed by atoms with Gasteiger partial charge in [-0.1, -0.05) is 31.9 Å². The van der Waals surface area contributed by atoms with Crippen LogP contribution in [0.1, 0.15) is 38.7 Å². The van der Waals surface area contributed by atoms with Crippen molar-refractivity contribution in [2.45, 2.75) is 45.7 Å². The third kappa shape index (κ3) is 5.24. The molecule has 4 heteroatoms. The molecule has 0 saturated carbocycles. The van der Waals surface area contributed by atoms with Crippen LogP contribution in [0.4, 0.5) is 4.39 Å². The Balaban J connectivity index is 1.96. The van der Waals surface area contributed by atoms with Crippen LogP contribution in [0.5, 0.6) is 0 Å². The quantitative estimate of drug-likeness (QED) is 0.851. The van der Waals surface area contributed by atoms with E-state index in [0.29, 0.717) is 17.0 Å². The molecule has 1 aliphatic heterocycles. The van der Waals surface area contributed by atoms with Crippen molar-refractivity contribution in [2.24, 2.45) is 5.92 Å². The van der Waals surface area contributed by atoms with Gasteiger partial charge in [-0.3, -0.25) is 4.90 Å². The first-order valence-corrected chi connectivity index (χ1v) is 8.32. The molecular formula is C17H26ClFN2. The molecule has 1 aromatic rings. The van der Waals surface area contributed by atoms with Crippen LogP contribution >= 0.6 is 11.6 Å². The fraction of sp³-hybridized carbons (Fsp3) is 0.647. The van der Waals surface area contributed by atoms with E-state index in [9.17, 15) is 4.39 Å². The Morgan fingerprint density at radius 3 is 2.95 bits per heavy atom. The summed E-state index contributed by atoms with van der Waals surface area (Å²) in [5.74, 6) is 0.459. The SMILES string of the molecule is CC(C)CNCC1CCCCN1Cc1cc(F)ccc1Cl. The van der Waals surface area contributed by atoms with Gasteiger partial charge in [-0.05, 0) is 55.6 Å². The lowest BCUT2D eigenvalue weighted by molar-refractivity contribution is 0.137. The lowest BCUT2D eigenvalue weighted by atomic mass is 10.0. The van der Waals surface area contributed by atoms with Crippen molar-refractivity contribution in [1.29, 1.82) is 0 Å². The standard InChI is InChI=1S/C17H26ClFN2/c1-13(2)10-20-11-16-5-3-4-8-21(16)12-14-9-15(19)6-7-17(14)18/h6-7,9,13,16,20H,3-5,8,10-12H2,1-2H3. The number of likely N-dealkylation sites (tertiary alicyclic amines) is 1. The minimum atomic E-state index is -0.208. The number of rotatable bonds is 6. The predicted molar refractivity (Wildman–Crippen MR) is 87.2 cm³/mol. The Hall–Kier alpha value is -0.640. The molecule has 0 bridgehead atoms. The number of halogens is 2. The van der Waals surface area contributed by atoms with Gasteiger partial charge in [-0.15, -0.1) is 0 Å². The van der Waals surface area contributed by atoms with Crippen molar-refractivity contribution in [3.8, 4) is 0 Å². The van der Waals surface area contributed by atoms with Gasteiger partial charge < -0.3 is 5.32 Å². The number of nitrogens with zero attached hydrogens (tertiary/aromatic N) is 1. The van der Waals surface area contributed by atoms with E-state index in [1.807, 2.05) is 0 Å². The van der Waals surface area contributed by atoms with Crippen molar-refractivity contribution in [3.05, 3.63) is 34.6 Å². The average Bonchev–Trinajstić information content (AvgIpc) is 2.44. The number of nitrogens with one attached hydrogen (secondary N) is 1. The molecule has 118 valence electrons. The number of hydrogen-bond donors (Lipinski definition) is 1. The molecule has 1 heterocycles. The zero-order chi connectivity index (χ0) is 15.2. The molecule has 1 aromatic carbocycles. The van der Waals surface area contributed by atoms with Crippen LogP contribution in [0.3, 0.4) is 0 Å². The van der Waals surface area contributed by atoms with E-state index in [4.69, 9.17) is 11.6 Å². The van der Waals surface area contributed by atoms with Crippen LogP contribution in [-0.4, -0.2) is 30.6 Å². The van der Waals surface area contributed by atoms with Gasteiger partial charge in [-0.25, -0.2) is 4.39 Å². The summed E-state index contributed by atoms with van der Waals surface area (Å²) < 4.78 is 13.4. The highest BCUT2D eigenvalue weighted by Gasteiger charge is 2.22. The van der Waals surface area contributed by atoms with E-state index in [0.717, 1.165) is 31.7 Å². The number of benzene rings is 1. The first-order valence-electron chi connectivity index (χ1n) is 7.95. The van der Waals surface area contributed by atoms with E-state index in [-0.39, 0.29) is 5.82 Å². The first kappa shape index (κ1) is 16.7. The molecule has 0 radical (unpaired) electrons. The Bertz CT molecular complexity index is 450. The maximum absolute atomic E-state index is 13.4. The van der Waals surface area contributed by atoms with Crippen molar-refractivity contribution < 1.29 is 4.39 Å². The van der Waals surface area contributed by atoms with Gasteiger partial charge in [-0.2, -0.15) is 0 Å². The molecule has 0 spiro atoms. The Morgan fingerprint density at radius 2 is 2.19 bits per heavy atom. The number of hydrogen-bond acceptors (Lipinski definition) is 2. The van der Waals surface area contributed by atoms with Crippen LogP contribution in [0.2, 0.25) is 5.02 Å². The summed E-state index contributed by atoms with van der Waals surface area (Å²) in [6.07, 6.45) is 3.70. The summed E-state index contributed by atoms with van der Waals surface area (Å²) in [5.41, 5.74) is 0.896. The smallest absolute Gasteiger partial charge is 0.123 e. The Labute approximate surface area is 132 Å². The number of piperidine rings is 1. The topological polar surface area (TPSA) is 15.3 Å². The van der Waals surface area contributed by atoms with Crippen molar-refractivity contribution >= 4 is 11.6 Å². The molecular weight excluding hydrogens is 287 g/mol. The lowest BCUT2D eigenvalue weighted by Gasteiger charge is -2.36. The maximum atomic E-state index is 13.4. The second-order valence-corrected chi connectivity index (χ2v) is 6.82. The zero-order valence-corrected chi connectivity index (χ0v) is 13.8. The molecule has 1 atom stereocenters. The fourth-order valence-corrected chi connectivity index (χ4v) is 3.10. The van der Waals surface area contributed by atoms with Gasteiger partial charge in [0.2, 0.25) is 0 Å². The minimum absolute atomic E-state index is 0.208. The third-order valence-electron chi connectivity index (χ3n) is 4.06. The van der Waals surface area contributed by atoms with Crippen molar-refractivity contribution in [3.63, 3.8) is 0 Å². The summed E-state index contributed by atoms with van der Waals surface area (Å²) in [7, 11) is 0. The van der Waals surface area contributed by atoms with Crippen LogP contribution in [0.15, 0.2) is 18.2 Å². The maximum Gasteiger partial charge on any atom is 0.123 e. The van der Waals surface area contributed by atoms with Gasteiger partial charge in [0.1, 0.15) is 5.82 Å². The largest absolute Gasteiger partial charge is 0.315 e. The minimum Gasteiger partial charge on any atom is -0.315 e. The molecule has 1 aliphatic rings. The molecule has 21 heavy (non-hydrogen) atoms. The molecule has 0 aliphatic carbocycles. The van der Waals surface area contributed by atoms with Crippen LogP contribution in [0, 0.1) is 11.7 Å². The summed E-state index contributed by atoms with van der Waals surface area (Å²) in [6.45, 7) is 8.30. The van der Waals surface area contributed by atoms with Crippen molar-refractivity contribution in [1.82, 2.24) is 10.2 Å². The molecule has 2 nitrogen and oxygen atoms in total. The zero-order valence-electron chi connectivity index (χ0n) is 13.0. The molecule has 1 N–H and O–H groups in total. The van der Waals surface area contributed by atoms with E-state index in [2.05, 4.69) is 24.1 Å². The predicted octanol–water partition coefficient (Wildman–Crippen LogP) is 4.08. The van der Waals surface area contributed by atoms with Crippen molar-refractivity contribution in [2.75, 3.05) is 19.6 Å². The van der Waals surface area contributed by atoms with Crippen LogP contribution < -0.4 is 5.32 Å². The van der Waals surface area contributed by atoms with Gasteiger partial charge in [0.15, 0.2) is 0 Å². The molecule has 0 amide bonds. The normalized spacial score (nSPS) is 20.1. The monoisotopic (exact) mass is 312 g/mol. The second-order valence-electron chi connectivity index (χ2n) is 6.41. The summed E-state index contributed by atoms with van der Waals surface area (Å²) >= 11 is 6.20. The molecule has 2 rings (SSSR count). The highest BCUT2D eigenvalue weighted by Crippen LogP contribution is 2.23. The summed E-state index contributed by atoms with van der Waals surface area (Å²) in [5, 5.41) is 4.21. The van der Waals surface area contributed by atoms with Gasteiger partial charge >= 0.3 is 0 Å². The highest BCUT2D eigenvalue weighted by atomic mass is 35.5. The van der Waals surface area contributed by atoms with Crippen LogP contribution in [0.25, 0.3) is 0 Å². The summed E-state index contributed by atoms with van der Waals surface area (Å²) in [4.78, 5) is 2.44. The molecule has 1 saturated heterocycles. The van der Waals surface area contributed by atoms with E-state index in [1.165, 1.54) is 25.3 Å².